The van der Waals surface area contributed by atoms with Gasteiger partial charge in [0.1, 0.15) is 11.6 Å². The van der Waals surface area contributed by atoms with Crippen molar-refractivity contribution in [1.82, 2.24) is 9.97 Å². The van der Waals surface area contributed by atoms with Crippen LogP contribution in [0.4, 0.5) is 19.0 Å². The SMILES string of the molecule is CC(Cc1ccccc1)c1ncc(N)[nH]1.O=C(O)C(F)(F)F. The number of H-pyrrole nitrogens is 1. The molecule has 0 amide bonds. The standard InChI is InChI=1S/C12H15N3.C2HF3O2/c1-9(12-14-8-11(13)15-12)7-10-5-3-2-4-6-10;3-2(4,5)1(6)7/h2-6,8-9H,7,13H2,1H3,(H,14,15);(H,6,7). The van der Waals surface area contributed by atoms with E-state index in [1.807, 2.05) is 6.07 Å². The highest BCUT2D eigenvalue weighted by Gasteiger charge is 2.38. The van der Waals surface area contributed by atoms with Gasteiger partial charge < -0.3 is 15.8 Å². The monoisotopic (exact) mass is 315 g/mol. The van der Waals surface area contributed by atoms with E-state index in [1.54, 1.807) is 6.20 Å². The predicted molar refractivity (Wildman–Crippen MR) is 75.3 cm³/mol. The summed E-state index contributed by atoms with van der Waals surface area (Å²) in [6.07, 6.45) is -2.44. The number of imidazole rings is 1. The number of anilines is 1. The number of carbonyl (C=O) groups is 1. The normalized spacial score (nSPS) is 12.2. The second-order valence-electron chi connectivity index (χ2n) is 4.62. The van der Waals surface area contributed by atoms with Crippen molar-refractivity contribution in [2.24, 2.45) is 0 Å². The largest absolute Gasteiger partial charge is 0.490 e. The van der Waals surface area contributed by atoms with E-state index < -0.39 is 12.1 Å². The molecule has 0 aliphatic rings. The molecule has 0 radical (unpaired) electrons. The smallest absolute Gasteiger partial charge is 0.475 e. The number of alkyl halides is 3. The van der Waals surface area contributed by atoms with Crippen molar-refractivity contribution in [2.75, 3.05) is 5.73 Å². The molecular weight excluding hydrogens is 299 g/mol. The molecule has 2 aromatic rings. The van der Waals surface area contributed by atoms with Crippen molar-refractivity contribution in [2.45, 2.75) is 25.4 Å². The third-order valence-corrected chi connectivity index (χ3v) is 2.71. The van der Waals surface area contributed by atoms with Crippen molar-refractivity contribution in [3.63, 3.8) is 0 Å². The molecule has 1 aromatic heterocycles. The number of halogens is 3. The summed E-state index contributed by atoms with van der Waals surface area (Å²) in [6.45, 7) is 2.14. The molecule has 0 saturated heterocycles. The van der Waals surface area contributed by atoms with Crippen molar-refractivity contribution < 1.29 is 23.1 Å². The summed E-state index contributed by atoms with van der Waals surface area (Å²) in [5.74, 6) is -0.807. The van der Waals surface area contributed by atoms with E-state index in [-0.39, 0.29) is 0 Å². The van der Waals surface area contributed by atoms with Gasteiger partial charge in [0.2, 0.25) is 0 Å². The summed E-state index contributed by atoms with van der Waals surface area (Å²) in [5.41, 5.74) is 6.91. The van der Waals surface area contributed by atoms with Gasteiger partial charge in [-0.3, -0.25) is 0 Å². The number of rotatable bonds is 3. The molecule has 0 spiro atoms. The van der Waals surface area contributed by atoms with E-state index in [0.29, 0.717) is 11.7 Å². The third kappa shape index (κ3) is 5.86. The van der Waals surface area contributed by atoms with Gasteiger partial charge in [0.15, 0.2) is 0 Å². The van der Waals surface area contributed by atoms with Crippen LogP contribution in [0, 0.1) is 0 Å². The number of benzene rings is 1. The molecule has 1 atom stereocenters. The fourth-order valence-corrected chi connectivity index (χ4v) is 1.67. The van der Waals surface area contributed by atoms with Gasteiger partial charge in [-0.05, 0) is 12.0 Å². The van der Waals surface area contributed by atoms with Gasteiger partial charge in [-0.2, -0.15) is 13.2 Å². The quantitative estimate of drug-likeness (QED) is 0.812. The van der Waals surface area contributed by atoms with E-state index in [9.17, 15) is 13.2 Å². The molecule has 0 saturated carbocycles. The number of nitrogens with one attached hydrogen (secondary N) is 1. The predicted octanol–water partition coefficient (Wildman–Crippen LogP) is 2.97. The molecule has 0 aliphatic carbocycles. The van der Waals surface area contributed by atoms with Crippen LogP contribution in [0.5, 0.6) is 0 Å². The molecule has 4 N–H and O–H groups in total. The van der Waals surface area contributed by atoms with E-state index in [1.165, 1.54) is 5.56 Å². The minimum Gasteiger partial charge on any atom is -0.475 e. The van der Waals surface area contributed by atoms with Crippen molar-refractivity contribution in [1.29, 1.82) is 0 Å². The first-order valence-corrected chi connectivity index (χ1v) is 6.34. The molecular formula is C14H16F3N3O2. The van der Waals surface area contributed by atoms with Gasteiger partial charge in [0.25, 0.3) is 0 Å². The van der Waals surface area contributed by atoms with Crippen LogP contribution in [0.3, 0.4) is 0 Å². The fourth-order valence-electron chi connectivity index (χ4n) is 1.67. The molecule has 5 nitrogen and oxygen atoms in total. The molecule has 8 heteroatoms. The Bertz CT molecular complexity index is 597. The lowest BCUT2D eigenvalue weighted by molar-refractivity contribution is -0.192. The maximum absolute atomic E-state index is 10.6. The number of nitrogens with zero attached hydrogens (tertiary/aromatic N) is 1. The number of aliphatic carboxylic acids is 1. The van der Waals surface area contributed by atoms with Crippen LogP contribution in [0.1, 0.15) is 24.2 Å². The maximum Gasteiger partial charge on any atom is 0.490 e. The van der Waals surface area contributed by atoms with Crippen LogP contribution in [-0.4, -0.2) is 27.2 Å². The molecule has 0 bridgehead atoms. The van der Waals surface area contributed by atoms with Crippen molar-refractivity contribution in [3.05, 3.63) is 47.9 Å². The van der Waals surface area contributed by atoms with E-state index in [4.69, 9.17) is 15.6 Å². The van der Waals surface area contributed by atoms with E-state index in [0.717, 1.165) is 12.2 Å². The highest BCUT2D eigenvalue weighted by Crippen LogP contribution is 2.17. The lowest BCUT2D eigenvalue weighted by atomic mass is 10.0. The number of carboxylic acids is 1. The van der Waals surface area contributed by atoms with E-state index in [2.05, 4.69) is 41.2 Å². The van der Waals surface area contributed by atoms with Crippen molar-refractivity contribution in [3.8, 4) is 0 Å². The average Bonchev–Trinajstić information content (AvgIpc) is 2.86. The van der Waals surface area contributed by atoms with Crippen LogP contribution >= 0.6 is 0 Å². The summed E-state index contributed by atoms with van der Waals surface area (Å²) >= 11 is 0. The van der Waals surface area contributed by atoms with Crippen molar-refractivity contribution >= 4 is 11.8 Å². The summed E-state index contributed by atoms with van der Waals surface area (Å²) in [7, 11) is 0. The molecule has 1 heterocycles. The number of aromatic amines is 1. The number of hydrogen-bond acceptors (Lipinski definition) is 3. The Morgan fingerprint density at radius 1 is 1.36 bits per heavy atom. The zero-order valence-electron chi connectivity index (χ0n) is 11.8. The topological polar surface area (TPSA) is 92.0 Å². The first kappa shape index (κ1) is 17.5. The Hall–Kier alpha value is -2.51. The van der Waals surface area contributed by atoms with Gasteiger partial charge in [0.05, 0.1) is 6.20 Å². The Kier molecular flexibility index (Phi) is 5.97. The number of nitrogens with two attached hydrogens (primary N) is 1. The molecule has 2 rings (SSSR count). The van der Waals surface area contributed by atoms with Crippen LogP contribution in [0.2, 0.25) is 0 Å². The first-order chi connectivity index (χ1) is 10.2. The van der Waals surface area contributed by atoms with Gasteiger partial charge in [0, 0.05) is 5.92 Å². The highest BCUT2D eigenvalue weighted by molar-refractivity contribution is 5.73. The Labute approximate surface area is 125 Å². The van der Waals surface area contributed by atoms with Crippen LogP contribution in [0.15, 0.2) is 36.5 Å². The minimum absolute atomic E-state index is 0.365. The lowest BCUT2D eigenvalue weighted by Crippen LogP contribution is -2.21. The van der Waals surface area contributed by atoms with Crippen LogP contribution in [-0.2, 0) is 11.2 Å². The molecule has 1 aromatic carbocycles. The second-order valence-corrected chi connectivity index (χ2v) is 4.62. The Balaban J connectivity index is 0.000000295. The first-order valence-electron chi connectivity index (χ1n) is 6.34. The highest BCUT2D eigenvalue weighted by atomic mass is 19.4. The number of hydrogen-bond donors (Lipinski definition) is 3. The fraction of sp³-hybridized carbons (Fsp3) is 0.286. The molecule has 120 valence electrons. The number of aromatic nitrogens is 2. The van der Waals surface area contributed by atoms with Crippen LogP contribution in [0.25, 0.3) is 0 Å². The summed E-state index contributed by atoms with van der Waals surface area (Å²) < 4.78 is 31.7. The van der Waals surface area contributed by atoms with Gasteiger partial charge in [-0.1, -0.05) is 37.3 Å². The molecule has 0 aliphatic heterocycles. The molecule has 22 heavy (non-hydrogen) atoms. The summed E-state index contributed by atoms with van der Waals surface area (Å²) in [5, 5.41) is 7.12. The average molecular weight is 315 g/mol. The number of carboxylic acid groups (broad SMARTS) is 1. The Morgan fingerprint density at radius 2 is 1.91 bits per heavy atom. The van der Waals surface area contributed by atoms with Gasteiger partial charge >= 0.3 is 12.1 Å². The maximum atomic E-state index is 10.6. The van der Waals surface area contributed by atoms with Crippen LogP contribution < -0.4 is 5.73 Å². The second kappa shape index (κ2) is 7.48. The minimum atomic E-state index is -5.08. The lowest BCUT2D eigenvalue weighted by Gasteiger charge is -2.08. The third-order valence-electron chi connectivity index (χ3n) is 2.71. The molecule has 0 fully saturated rings. The zero-order chi connectivity index (χ0) is 16.8. The van der Waals surface area contributed by atoms with Gasteiger partial charge in [-0.15, -0.1) is 0 Å². The van der Waals surface area contributed by atoms with E-state index >= 15 is 0 Å². The Morgan fingerprint density at radius 3 is 2.32 bits per heavy atom. The molecule has 1 unspecified atom stereocenters. The van der Waals surface area contributed by atoms with Gasteiger partial charge in [-0.25, -0.2) is 9.78 Å². The summed E-state index contributed by atoms with van der Waals surface area (Å²) in [6, 6.07) is 10.4. The number of nitrogen functional groups attached to an aromatic ring is 1. The zero-order valence-corrected chi connectivity index (χ0v) is 11.8. The summed E-state index contributed by atoms with van der Waals surface area (Å²) in [4.78, 5) is 16.2.